The van der Waals surface area contributed by atoms with Crippen LogP contribution in [0.25, 0.3) is 0 Å². The first kappa shape index (κ1) is 13.8. The SMILES string of the molecule is O=C(Cn1cccnc1=O)N[C@H](CCO)C(=O)O. The van der Waals surface area contributed by atoms with Crippen LogP contribution in [0.4, 0.5) is 0 Å². The minimum Gasteiger partial charge on any atom is -0.480 e. The lowest BCUT2D eigenvalue weighted by atomic mass is 10.2. The fraction of sp³-hybridized carbons (Fsp3) is 0.400. The van der Waals surface area contributed by atoms with Gasteiger partial charge in [-0.15, -0.1) is 0 Å². The average Bonchev–Trinajstić information content (AvgIpc) is 2.31. The zero-order chi connectivity index (χ0) is 13.5. The number of aliphatic carboxylic acids is 1. The molecule has 0 aliphatic carbocycles. The predicted octanol–water partition coefficient (Wildman–Crippen LogP) is -1.80. The highest BCUT2D eigenvalue weighted by atomic mass is 16.4. The molecule has 1 amide bonds. The normalized spacial score (nSPS) is 11.8. The van der Waals surface area contributed by atoms with Crippen molar-refractivity contribution in [2.75, 3.05) is 6.61 Å². The van der Waals surface area contributed by atoms with Gasteiger partial charge in [0.05, 0.1) is 0 Å². The third kappa shape index (κ3) is 3.98. The summed E-state index contributed by atoms with van der Waals surface area (Å²) in [7, 11) is 0. The van der Waals surface area contributed by atoms with E-state index in [1.807, 2.05) is 0 Å². The van der Waals surface area contributed by atoms with E-state index < -0.39 is 23.6 Å². The first-order valence-corrected chi connectivity index (χ1v) is 5.19. The third-order valence-electron chi connectivity index (χ3n) is 2.15. The van der Waals surface area contributed by atoms with Crippen LogP contribution in [0.2, 0.25) is 0 Å². The number of carboxylic acid groups (broad SMARTS) is 1. The summed E-state index contributed by atoms with van der Waals surface area (Å²) in [5.74, 6) is -1.87. The molecule has 0 unspecified atom stereocenters. The highest BCUT2D eigenvalue weighted by molar-refractivity contribution is 5.83. The van der Waals surface area contributed by atoms with E-state index in [1.54, 1.807) is 0 Å². The van der Waals surface area contributed by atoms with Gasteiger partial charge in [-0.2, -0.15) is 0 Å². The van der Waals surface area contributed by atoms with Crippen molar-refractivity contribution in [2.45, 2.75) is 19.0 Å². The van der Waals surface area contributed by atoms with E-state index in [1.165, 1.54) is 18.5 Å². The number of nitrogens with zero attached hydrogens (tertiary/aromatic N) is 2. The number of carbonyl (C=O) groups is 2. The van der Waals surface area contributed by atoms with Gasteiger partial charge in [0.15, 0.2) is 0 Å². The Morgan fingerprint density at radius 3 is 2.78 bits per heavy atom. The molecule has 1 atom stereocenters. The molecule has 1 heterocycles. The molecular weight excluding hydrogens is 242 g/mol. The number of hydrogen-bond donors (Lipinski definition) is 3. The van der Waals surface area contributed by atoms with E-state index in [-0.39, 0.29) is 19.6 Å². The van der Waals surface area contributed by atoms with Crippen molar-refractivity contribution in [3.63, 3.8) is 0 Å². The highest BCUT2D eigenvalue weighted by Crippen LogP contribution is 1.92. The minimum atomic E-state index is -1.24. The second-order valence-electron chi connectivity index (χ2n) is 3.50. The molecule has 18 heavy (non-hydrogen) atoms. The summed E-state index contributed by atoms with van der Waals surface area (Å²) in [6, 6.07) is 0.312. The quantitative estimate of drug-likeness (QED) is 0.551. The first-order valence-electron chi connectivity index (χ1n) is 5.19. The second-order valence-corrected chi connectivity index (χ2v) is 3.50. The van der Waals surface area contributed by atoms with Gasteiger partial charge in [0.25, 0.3) is 0 Å². The van der Waals surface area contributed by atoms with Crippen molar-refractivity contribution >= 4 is 11.9 Å². The Hall–Kier alpha value is -2.22. The van der Waals surface area contributed by atoms with Crippen LogP contribution in [0.1, 0.15) is 6.42 Å². The number of aliphatic hydroxyl groups is 1. The number of rotatable bonds is 6. The van der Waals surface area contributed by atoms with E-state index in [4.69, 9.17) is 10.2 Å². The molecular formula is C10H13N3O5. The molecule has 8 heteroatoms. The zero-order valence-corrected chi connectivity index (χ0v) is 9.44. The lowest BCUT2D eigenvalue weighted by Crippen LogP contribution is -2.43. The fourth-order valence-corrected chi connectivity index (χ4v) is 1.29. The van der Waals surface area contributed by atoms with E-state index in [9.17, 15) is 14.4 Å². The predicted molar refractivity (Wildman–Crippen MR) is 59.8 cm³/mol. The molecule has 0 aromatic carbocycles. The smallest absolute Gasteiger partial charge is 0.347 e. The van der Waals surface area contributed by atoms with Crippen LogP contribution in [0.3, 0.4) is 0 Å². The molecule has 0 bridgehead atoms. The Balaban J connectivity index is 2.63. The van der Waals surface area contributed by atoms with E-state index in [2.05, 4.69) is 10.3 Å². The topological polar surface area (TPSA) is 122 Å². The van der Waals surface area contributed by atoms with Crippen molar-refractivity contribution in [1.29, 1.82) is 0 Å². The van der Waals surface area contributed by atoms with Crippen LogP contribution in [0, 0.1) is 0 Å². The molecule has 0 spiro atoms. The molecule has 0 radical (unpaired) electrons. The lowest BCUT2D eigenvalue weighted by Gasteiger charge is -2.13. The van der Waals surface area contributed by atoms with Crippen LogP contribution >= 0.6 is 0 Å². The van der Waals surface area contributed by atoms with Crippen molar-refractivity contribution < 1.29 is 19.8 Å². The summed E-state index contributed by atoms with van der Waals surface area (Å²) in [5.41, 5.74) is -0.596. The molecule has 1 rings (SSSR count). The van der Waals surface area contributed by atoms with Gasteiger partial charge in [0, 0.05) is 25.4 Å². The van der Waals surface area contributed by atoms with Crippen LogP contribution < -0.4 is 11.0 Å². The van der Waals surface area contributed by atoms with Crippen molar-refractivity contribution in [3.05, 3.63) is 28.9 Å². The van der Waals surface area contributed by atoms with Crippen LogP contribution in [0.15, 0.2) is 23.3 Å². The maximum Gasteiger partial charge on any atom is 0.347 e. The molecule has 0 aliphatic rings. The van der Waals surface area contributed by atoms with Gasteiger partial charge in [-0.3, -0.25) is 9.36 Å². The fourth-order valence-electron chi connectivity index (χ4n) is 1.29. The summed E-state index contributed by atoms with van der Waals surface area (Å²) in [6.45, 7) is -0.675. The monoisotopic (exact) mass is 255 g/mol. The van der Waals surface area contributed by atoms with Gasteiger partial charge in [-0.1, -0.05) is 0 Å². The number of aromatic nitrogens is 2. The number of hydrogen-bond acceptors (Lipinski definition) is 5. The van der Waals surface area contributed by atoms with Crippen molar-refractivity contribution in [3.8, 4) is 0 Å². The van der Waals surface area contributed by atoms with Crippen molar-refractivity contribution in [1.82, 2.24) is 14.9 Å². The molecule has 0 aliphatic heterocycles. The van der Waals surface area contributed by atoms with Gasteiger partial charge in [-0.05, 0) is 6.07 Å². The lowest BCUT2D eigenvalue weighted by molar-refractivity contribution is -0.142. The summed E-state index contributed by atoms with van der Waals surface area (Å²) >= 11 is 0. The largest absolute Gasteiger partial charge is 0.480 e. The standard InChI is InChI=1S/C10H13N3O5/c14-5-2-7(9(16)17)12-8(15)6-13-4-1-3-11-10(13)18/h1,3-4,7,14H,2,5-6H2,(H,12,15)(H,16,17)/t7-/m1/s1. The Morgan fingerprint density at radius 2 is 2.22 bits per heavy atom. The summed E-state index contributed by atoms with van der Waals surface area (Å²) in [6.07, 6.45) is 2.57. The summed E-state index contributed by atoms with van der Waals surface area (Å²) in [5, 5.41) is 19.6. The molecule has 0 saturated heterocycles. The minimum absolute atomic E-state index is 0.0942. The maximum atomic E-state index is 11.5. The third-order valence-corrected chi connectivity index (χ3v) is 2.15. The Labute approximate surface area is 102 Å². The van der Waals surface area contributed by atoms with E-state index in [0.29, 0.717) is 0 Å². The van der Waals surface area contributed by atoms with Gasteiger partial charge < -0.3 is 15.5 Å². The molecule has 0 fully saturated rings. The number of aliphatic hydroxyl groups excluding tert-OH is 1. The van der Waals surface area contributed by atoms with Crippen molar-refractivity contribution in [2.24, 2.45) is 0 Å². The summed E-state index contributed by atoms with van der Waals surface area (Å²) < 4.78 is 1.05. The summed E-state index contributed by atoms with van der Waals surface area (Å²) in [4.78, 5) is 36.9. The highest BCUT2D eigenvalue weighted by Gasteiger charge is 2.19. The molecule has 98 valence electrons. The molecule has 0 saturated carbocycles. The second kappa shape index (κ2) is 6.50. The number of carbonyl (C=O) groups excluding carboxylic acids is 1. The molecule has 1 aromatic rings. The number of nitrogens with one attached hydrogen (secondary N) is 1. The van der Waals surface area contributed by atoms with Crippen LogP contribution in [0.5, 0.6) is 0 Å². The Morgan fingerprint density at radius 1 is 1.50 bits per heavy atom. The van der Waals surface area contributed by atoms with Crippen LogP contribution in [-0.4, -0.2) is 44.3 Å². The van der Waals surface area contributed by atoms with Gasteiger partial charge in [0.1, 0.15) is 12.6 Å². The number of carboxylic acids is 1. The average molecular weight is 255 g/mol. The zero-order valence-electron chi connectivity index (χ0n) is 9.44. The Bertz CT molecular complexity index is 484. The maximum absolute atomic E-state index is 11.5. The Kier molecular flexibility index (Phi) is 5.00. The first-order chi connectivity index (χ1) is 8.54. The van der Waals surface area contributed by atoms with E-state index >= 15 is 0 Å². The van der Waals surface area contributed by atoms with Crippen LogP contribution in [-0.2, 0) is 16.1 Å². The van der Waals surface area contributed by atoms with Gasteiger partial charge >= 0.3 is 11.7 Å². The molecule has 3 N–H and O–H groups in total. The van der Waals surface area contributed by atoms with Gasteiger partial charge in [0.2, 0.25) is 5.91 Å². The van der Waals surface area contributed by atoms with E-state index in [0.717, 1.165) is 4.57 Å². The molecule has 1 aromatic heterocycles. The number of amides is 1. The van der Waals surface area contributed by atoms with Gasteiger partial charge in [-0.25, -0.2) is 14.6 Å². The molecule has 8 nitrogen and oxygen atoms in total.